The molecule has 0 saturated heterocycles. The molecule has 0 atom stereocenters. The van der Waals surface area contributed by atoms with Gasteiger partial charge in [-0.2, -0.15) is 13.2 Å². The smallest absolute Gasteiger partial charge is 0.417 e. The van der Waals surface area contributed by atoms with E-state index >= 15 is 0 Å². The number of aromatic nitrogens is 1. The third-order valence-electron chi connectivity index (χ3n) is 3.59. The van der Waals surface area contributed by atoms with Gasteiger partial charge in [0.2, 0.25) is 0 Å². The molecule has 0 bridgehead atoms. The van der Waals surface area contributed by atoms with Gasteiger partial charge in [-0.1, -0.05) is 16.8 Å². The monoisotopic (exact) mass is 396 g/mol. The third-order valence-corrected chi connectivity index (χ3v) is 3.90. The third kappa shape index (κ3) is 4.40. The molecular weight excluding hydrogens is 385 g/mol. The van der Waals surface area contributed by atoms with E-state index in [1.165, 1.54) is 12.3 Å². The molecule has 1 amide bonds. The quantitative estimate of drug-likeness (QED) is 0.614. The van der Waals surface area contributed by atoms with Gasteiger partial charge in [0.15, 0.2) is 0 Å². The molecule has 0 aliphatic rings. The Bertz CT molecular complexity index is 969. The minimum Gasteiger partial charge on any atom is -0.457 e. The Kier molecular flexibility index (Phi) is 5.09. The number of alkyl halides is 3. The van der Waals surface area contributed by atoms with Crippen LogP contribution in [0.1, 0.15) is 21.7 Å². The maximum atomic E-state index is 12.7. The van der Waals surface area contributed by atoms with E-state index in [2.05, 4.69) is 10.5 Å². The molecule has 1 heterocycles. The number of anilines is 1. The molecule has 5 nitrogen and oxygen atoms in total. The highest BCUT2D eigenvalue weighted by atomic mass is 35.5. The maximum absolute atomic E-state index is 12.7. The second-order valence-corrected chi connectivity index (χ2v) is 5.92. The molecule has 1 aromatic heterocycles. The maximum Gasteiger partial charge on any atom is 0.417 e. The van der Waals surface area contributed by atoms with Crippen LogP contribution in [0.15, 0.2) is 53.2 Å². The Hall–Kier alpha value is -3.00. The zero-order valence-corrected chi connectivity index (χ0v) is 14.6. The van der Waals surface area contributed by atoms with Gasteiger partial charge >= 0.3 is 6.18 Å². The average molecular weight is 397 g/mol. The van der Waals surface area contributed by atoms with Crippen LogP contribution in [0, 0.1) is 6.92 Å². The molecule has 9 heteroatoms. The number of rotatable bonds is 4. The molecule has 0 aliphatic carbocycles. The Balaban J connectivity index is 1.68. The minimum atomic E-state index is -4.53. The largest absolute Gasteiger partial charge is 0.457 e. The van der Waals surface area contributed by atoms with Crippen LogP contribution >= 0.6 is 11.6 Å². The first-order chi connectivity index (χ1) is 12.7. The van der Waals surface area contributed by atoms with Crippen molar-refractivity contribution >= 4 is 23.2 Å². The fourth-order valence-corrected chi connectivity index (χ4v) is 2.52. The highest BCUT2D eigenvalue weighted by molar-refractivity contribution is 6.31. The molecule has 140 valence electrons. The van der Waals surface area contributed by atoms with Crippen molar-refractivity contribution in [2.24, 2.45) is 0 Å². The van der Waals surface area contributed by atoms with E-state index in [1.807, 2.05) is 0 Å². The first-order valence-corrected chi connectivity index (χ1v) is 7.99. The van der Waals surface area contributed by atoms with Gasteiger partial charge in [-0.05, 0) is 43.3 Å². The molecule has 0 radical (unpaired) electrons. The lowest BCUT2D eigenvalue weighted by Crippen LogP contribution is -2.11. The number of carbonyl (C=O) groups is 1. The molecule has 3 aromatic rings. The molecule has 0 unspecified atom stereocenters. The van der Waals surface area contributed by atoms with E-state index in [-0.39, 0.29) is 11.7 Å². The summed E-state index contributed by atoms with van der Waals surface area (Å²) in [6.45, 7) is 1.62. The van der Waals surface area contributed by atoms with Gasteiger partial charge in [0.1, 0.15) is 22.8 Å². The number of nitrogens with zero attached hydrogens (tertiary/aromatic N) is 1. The SMILES string of the molecule is Cc1oncc1C(=O)Nc1ccc(Oc2ccc(C(F)(F)F)c(Cl)c2)cc1. The van der Waals surface area contributed by atoms with Crippen molar-refractivity contribution in [2.75, 3.05) is 5.32 Å². The first kappa shape index (κ1) is 18.8. The summed E-state index contributed by atoms with van der Waals surface area (Å²) in [6.07, 6.45) is -3.21. The molecule has 1 N–H and O–H groups in total. The predicted octanol–water partition coefficient (Wildman–Crippen LogP) is 5.70. The zero-order valence-electron chi connectivity index (χ0n) is 13.8. The first-order valence-electron chi connectivity index (χ1n) is 7.61. The van der Waals surface area contributed by atoms with E-state index in [0.29, 0.717) is 22.8 Å². The van der Waals surface area contributed by atoms with Crippen molar-refractivity contribution < 1.29 is 27.2 Å². The van der Waals surface area contributed by atoms with Crippen LogP contribution in [-0.4, -0.2) is 11.1 Å². The zero-order chi connectivity index (χ0) is 19.6. The average Bonchev–Trinajstić information content (AvgIpc) is 3.02. The van der Waals surface area contributed by atoms with E-state index in [4.69, 9.17) is 20.9 Å². The van der Waals surface area contributed by atoms with Crippen LogP contribution < -0.4 is 10.1 Å². The van der Waals surface area contributed by atoms with E-state index < -0.39 is 16.8 Å². The lowest BCUT2D eigenvalue weighted by atomic mass is 10.2. The number of benzene rings is 2. The summed E-state index contributed by atoms with van der Waals surface area (Å²) in [5.41, 5.74) is -0.119. The van der Waals surface area contributed by atoms with E-state index in [1.54, 1.807) is 31.2 Å². The highest BCUT2D eigenvalue weighted by Gasteiger charge is 2.33. The van der Waals surface area contributed by atoms with Crippen LogP contribution in [0.2, 0.25) is 5.02 Å². The number of carbonyl (C=O) groups excluding carboxylic acids is 1. The number of aryl methyl sites for hydroxylation is 1. The van der Waals surface area contributed by atoms with Crippen molar-refractivity contribution in [1.29, 1.82) is 0 Å². The molecule has 27 heavy (non-hydrogen) atoms. The van der Waals surface area contributed by atoms with E-state index in [9.17, 15) is 18.0 Å². The number of ether oxygens (including phenoxy) is 1. The summed E-state index contributed by atoms with van der Waals surface area (Å²) >= 11 is 5.66. The number of halogens is 4. The van der Waals surface area contributed by atoms with Crippen molar-refractivity contribution in [2.45, 2.75) is 13.1 Å². The van der Waals surface area contributed by atoms with Crippen molar-refractivity contribution in [1.82, 2.24) is 5.16 Å². The normalized spacial score (nSPS) is 11.3. The summed E-state index contributed by atoms with van der Waals surface area (Å²) in [5.74, 6) is 0.540. The van der Waals surface area contributed by atoms with Gasteiger partial charge in [0.05, 0.1) is 16.8 Å². The Labute approximate surface area is 156 Å². The summed E-state index contributed by atoms with van der Waals surface area (Å²) < 4.78 is 48.5. The Morgan fingerprint density at radius 3 is 2.37 bits per heavy atom. The topological polar surface area (TPSA) is 64.4 Å². The second kappa shape index (κ2) is 7.32. The Morgan fingerprint density at radius 1 is 1.15 bits per heavy atom. The van der Waals surface area contributed by atoms with Gasteiger partial charge in [-0.15, -0.1) is 0 Å². The fourth-order valence-electron chi connectivity index (χ4n) is 2.25. The molecule has 0 spiro atoms. The molecule has 0 saturated carbocycles. The van der Waals surface area contributed by atoms with Gasteiger partial charge in [-0.25, -0.2) is 0 Å². The Morgan fingerprint density at radius 2 is 1.81 bits per heavy atom. The minimum absolute atomic E-state index is 0.157. The molecule has 2 aromatic carbocycles. The van der Waals surface area contributed by atoms with Gasteiger partial charge < -0.3 is 14.6 Å². The molecular formula is C18H12ClF3N2O3. The molecule has 3 rings (SSSR count). The van der Waals surface area contributed by atoms with Gasteiger partial charge in [0.25, 0.3) is 5.91 Å². The summed E-state index contributed by atoms with van der Waals surface area (Å²) in [7, 11) is 0. The summed E-state index contributed by atoms with van der Waals surface area (Å²) in [4.78, 5) is 12.1. The fraction of sp³-hybridized carbons (Fsp3) is 0.111. The van der Waals surface area contributed by atoms with Gasteiger partial charge in [-0.3, -0.25) is 4.79 Å². The molecule has 0 fully saturated rings. The summed E-state index contributed by atoms with van der Waals surface area (Å²) in [5, 5.41) is 5.75. The lowest BCUT2D eigenvalue weighted by molar-refractivity contribution is -0.137. The van der Waals surface area contributed by atoms with Crippen LogP contribution in [0.25, 0.3) is 0 Å². The number of hydrogen-bond acceptors (Lipinski definition) is 4. The van der Waals surface area contributed by atoms with Gasteiger partial charge in [0, 0.05) is 11.8 Å². The van der Waals surface area contributed by atoms with Crippen molar-refractivity contribution in [3.63, 3.8) is 0 Å². The lowest BCUT2D eigenvalue weighted by Gasteiger charge is -2.11. The van der Waals surface area contributed by atoms with Crippen LogP contribution in [-0.2, 0) is 6.18 Å². The number of hydrogen-bond donors (Lipinski definition) is 1. The van der Waals surface area contributed by atoms with E-state index in [0.717, 1.165) is 12.1 Å². The number of amides is 1. The number of nitrogens with one attached hydrogen (secondary N) is 1. The van der Waals surface area contributed by atoms with Crippen LogP contribution in [0.5, 0.6) is 11.5 Å². The van der Waals surface area contributed by atoms with Crippen LogP contribution in [0.4, 0.5) is 18.9 Å². The molecule has 0 aliphatic heterocycles. The van der Waals surface area contributed by atoms with Crippen molar-refractivity contribution in [3.8, 4) is 11.5 Å². The highest BCUT2D eigenvalue weighted by Crippen LogP contribution is 2.37. The standard InChI is InChI=1S/C18H12ClF3N2O3/c1-10-14(9-23-27-10)17(25)24-11-2-4-12(5-3-11)26-13-6-7-15(16(19)8-13)18(20,21)22/h2-9H,1H3,(H,24,25). The predicted molar refractivity (Wildman–Crippen MR) is 92.2 cm³/mol. The second-order valence-electron chi connectivity index (χ2n) is 5.52. The van der Waals surface area contributed by atoms with Crippen molar-refractivity contribution in [3.05, 3.63) is 70.6 Å². The summed E-state index contributed by atoms with van der Waals surface area (Å²) in [6, 6.07) is 9.41. The van der Waals surface area contributed by atoms with Crippen LogP contribution in [0.3, 0.4) is 0 Å².